The van der Waals surface area contributed by atoms with Crippen molar-refractivity contribution in [3.63, 3.8) is 0 Å². The van der Waals surface area contributed by atoms with Crippen molar-refractivity contribution >= 4 is 5.91 Å². The summed E-state index contributed by atoms with van der Waals surface area (Å²) in [7, 11) is 1.83. The molecule has 1 rings (SSSR count). The van der Waals surface area contributed by atoms with Crippen molar-refractivity contribution in [3.8, 4) is 12.3 Å². The highest BCUT2D eigenvalue weighted by Gasteiger charge is 2.10. The lowest BCUT2D eigenvalue weighted by Crippen LogP contribution is -2.36. The van der Waals surface area contributed by atoms with Crippen LogP contribution in [0.4, 0.5) is 0 Å². The Morgan fingerprint density at radius 3 is 2.71 bits per heavy atom. The minimum Gasteiger partial charge on any atom is -0.348 e. The highest BCUT2D eigenvalue weighted by Crippen LogP contribution is 2.10. The summed E-state index contributed by atoms with van der Waals surface area (Å²) in [6.45, 7) is 2.77. The normalized spacial score (nSPS) is 11.9. The number of carbonyl (C=O) groups excluding carboxylic acids is 1. The van der Waals surface area contributed by atoms with Gasteiger partial charge in [0.2, 0.25) is 5.91 Å². The highest BCUT2D eigenvalue weighted by atomic mass is 16.2. The molecule has 3 nitrogen and oxygen atoms in total. The SMILES string of the molecule is C#CCN(C)CC(=O)N[C@@H](C)c1ccccc1. The van der Waals surface area contributed by atoms with Gasteiger partial charge in [0.05, 0.1) is 19.1 Å². The summed E-state index contributed by atoms with van der Waals surface area (Å²) in [4.78, 5) is 13.5. The van der Waals surface area contributed by atoms with Crippen molar-refractivity contribution in [1.82, 2.24) is 10.2 Å². The van der Waals surface area contributed by atoms with E-state index >= 15 is 0 Å². The molecule has 17 heavy (non-hydrogen) atoms. The van der Waals surface area contributed by atoms with Crippen LogP contribution in [0.2, 0.25) is 0 Å². The van der Waals surface area contributed by atoms with Crippen LogP contribution in [0.3, 0.4) is 0 Å². The molecule has 0 saturated heterocycles. The molecular formula is C14H18N2O. The lowest BCUT2D eigenvalue weighted by Gasteiger charge is -2.17. The number of benzene rings is 1. The Morgan fingerprint density at radius 2 is 2.12 bits per heavy atom. The molecule has 0 aliphatic rings. The largest absolute Gasteiger partial charge is 0.348 e. The van der Waals surface area contributed by atoms with Crippen LogP contribution in [0.25, 0.3) is 0 Å². The van der Waals surface area contributed by atoms with E-state index in [9.17, 15) is 4.79 Å². The van der Waals surface area contributed by atoms with E-state index in [2.05, 4.69) is 11.2 Å². The molecule has 0 bridgehead atoms. The highest BCUT2D eigenvalue weighted by molar-refractivity contribution is 5.78. The van der Waals surface area contributed by atoms with Gasteiger partial charge in [-0.1, -0.05) is 36.3 Å². The standard InChI is InChI=1S/C14H18N2O/c1-4-10-16(3)11-14(17)15-12(2)13-8-6-5-7-9-13/h1,5-9,12H,10-11H2,2-3H3,(H,15,17)/t12-/m0/s1. The molecule has 0 aliphatic carbocycles. The molecule has 0 fully saturated rings. The van der Waals surface area contributed by atoms with Gasteiger partial charge in [0, 0.05) is 0 Å². The van der Waals surface area contributed by atoms with Crippen LogP contribution in [0.5, 0.6) is 0 Å². The van der Waals surface area contributed by atoms with Gasteiger partial charge in [-0.25, -0.2) is 0 Å². The van der Waals surface area contributed by atoms with Gasteiger partial charge < -0.3 is 5.32 Å². The third-order valence-corrected chi connectivity index (χ3v) is 2.45. The maximum absolute atomic E-state index is 11.7. The summed E-state index contributed by atoms with van der Waals surface area (Å²) >= 11 is 0. The number of nitrogens with zero attached hydrogens (tertiary/aromatic N) is 1. The Hall–Kier alpha value is -1.79. The average molecular weight is 230 g/mol. The van der Waals surface area contributed by atoms with E-state index in [1.54, 1.807) is 4.90 Å². The molecule has 1 amide bonds. The lowest BCUT2D eigenvalue weighted by atomic mass is 10.1. The third kappa shape index (κ3) is 4.71. The predicted octanol–water partition coefficient (Wildman–Crippen LogP) is 1.43. The van der Waals surface area contributed by atoms with Crippen LogP contribution in [0.1, 0.15) is 18.5 Å². The number of rotatable bonds is 5. The number of hydrogen-bond donors (Lipinski definition) is 1. The van der Waals surface area contributed by atoms with Gasteiger partial charge in [0.1, 0.15) is 0 Å². The summed E-state index contributed by atoms with van der Waals surface area (Å²) in [6, 6.07) is 9.89. The zero-order chi connectivity index (χ0) is 12.7. The molecule has 90 valence electrons. The van der Waals surface area contributed by atoms with Crippen molar-refractivity contribution in [2.75, 3.05) is 20.1 Å². The molecule has 1 aromatic carbocycles. The van der Waals surface area contributed by atoms with Gasteiger partial charge in [-0.3, -0.25) is 9.69 Å². The van der Waals surface area contributed by atoms with E-state index in [-0.39, 0.29) is 11.9 Å². The predicted molar refractivity (Wildman–Crippen MR) is 69.3 cm³/mol. The minimum atomic E-state index is -0.0147. The summed E-state index contributed by atoms with van der Waals surface area (Å²) < 4.78 is 0. The Balaban J connectivity index is 2.44. The van der Waals surface area contributed by atoms with Crippen LogP contribution in [0.15, 0.2) is 30.3 Å². The van der Waals surface area contributed by atoms with Crippen LogP contribution in [-0.4, -0.2) is 30.9 Å². The summed E-state index contributed by atoms with van der Waals surface area (Å²) in [6.07, 6.45) is 5.17. The Labute approximate surface area is 103 Å². The van der Waals surface area contributed by atoms with E-state index in [0.29, 0.717) is 13.1 Å². The number of amides is 1. The van der Waals surface area contributed by atoms with E-state index < -0.39 is 0 Å². The minimum absolute atomic E-state index is 0.0147. The molecule has 0 aliphatic heterocycles. The molecule has 0 heterocycles. The van der Waals surface area contributed by atoms with Gasteiger partial charge in [0.15, 0.2) is 0 Å². The second kappa shape index (κ2) is 6.72. The zero-order valence-electron chi connectivity index (χ0n) is 10.3. The van der Waals surface area contributed by atoms with E-state index in [4.69, 9.17) is 6.42 Å². The first-order chi connectivity index (χ1) is 8.13. The van der Waals surface area contributed by atoms with Gasteiger partial charge in [-0.05, 0) is 19.5 Å². The quantitative estimate of drug-likeness (QED) is 0.776. The summed E-state index contributed by atoms with van der Waals surface area (Å²) in [5.74, 6) is 2.49. The first kappa shape index (κ1) is 13.3. The molecule has 0 spiro atoms. The number of hydrogen-bond acceptors (Lipinski definition) is 2. The Bertz CT molecular complexity index is 394. The van der Waals surface area contributed by atoms with E-state index in [0.717, 1.165) is 5.56 Å². The fraction of sp³-hybridized carbons (Fsp3) is 0.357. The molecule has 0 aromatic heterocycles. The molecule has 1 atom stereocenters. The van der Waals surface area contributed by atoms with Crippen LogP contribution in [0, 0.1) is 12.3 Å². The lowest BCUT2D eigenvalue weighted by molar-refractivity contribution is -0.122. The monoisotopic (exact) mass is 230 g/mol. The maximum atomic E-state index is 11.7. The molecule has 1 N–H and O–H groups in total. The number of nitrogens with one attached hydrogen (secondary N) is 1. The number of likely N-dealkylation sites (N-methyl/N-ethyl adjacent to an activating group) is 1. The van der Waals surface area contributed by atoms with Crippen LogP contribution in [-0.2, 0) is 4.79 Å². The first-order valence-corrected chi connectivity index (χ1v) is 5.59. The molecule has 1 aromatic rings. The van der Waals surface area contributed by atoms with Crippen molar-refractivity contribution in [2.45, 2.75) is 13.0 Å². The smallest absolute Gasteiger partial charge is 0.234 e. The first-order valence-electron chi connectivity index (χ1n) is 5.59. The van der Waals surface area contributed by atoms with Gasteiger partial charge in [-0.2, -0.15) is 0 Å². The van der Waals surface area contributed by atoms with Crippen LogP contribution >= 0.6 is 0 Å². The zero-order valence-corrected chi connectivity index (χ0v) is 10.3. The van der Waals surface area contributed by atoms with Crippen molar-refractivity contribution < 1.29 is 4.79 Å². The van der Waals surface area contributed by atoms with Gasteiger partial charge in [0.25, 0.3) is 0 Å². The average Bonchev–Trinajstić information content (AvgIpc) is 2.30. The van der Waals surface area contributed by atoms with Crippen molar-refractivity contribution in [3.05, 3.63) is 35.9 Å². The Morgan fingerprint density at radius 1 is 1.47 bits per heavy atom. The summed E-state index contributed by atoms with van der Waals surface area (Å²) in [5.41, 5.74) is 1.10. The van der Waals surface area contributed by atoms with Gasteiger partial charge in [-0.15, -0.1) is 6.42 Å². The second-order valence-electron chi connectivity index (χ2n) is 4.08. The number of carbonyl (C=O) groups is 1. The van der Waals surface area contributed by atoms with Crippen LogP contribution < -0.4 is 5.32 Å². The van der Waals surface area contributed by atoms with E-state index in [1.807, 2.05) is 44.3 Å². The fourth-order valence-corrected chi connectivity index (χ4v) is 1.57. The summed E-state index contributed by atoms with van der Waals surface area (Å²) in [5, 5.41) is 2.94. The van der Waals surface area contributed by atoms with Gasteiger partial charge >= 0.3 is 0 Å². The molecular weight excluding hydrogens is 212 g/mol. The topological polar surface area (TPSA) is 32.3 Å². The maximum Gasteiger partial charge on any atom is 0.234 e. The second-order valence-corrected chi connectivity index (χ2v) is 4.08. The molecule has 3 heteroatoms. The number of terminal acetylenes is 1. The van der Waals surface area contributed by atoms with E-state index in [1.165, 1.54) is 0 Å². The molecule has 0 unspecified atom stereocenters. The Kier molecular flexibility index (Phi) is 5.25. The molecule has 0 saturated carbocycles. The van der Waals surface area contributed by atoms with Crippen molar-refractivity contribution in [2.24, 2.45) is 0 Å². The fourth-order valence-electron chi connectivity index (χ4n) is 1.57. The molecule has 0 radical (unpaired) electrons. The third-order valence-electron chi connectivity index (χ3n) is 2.45. The van der Waals surface area contributed by atoms with Crippen molar-refractivity contribution in [1.29, 1.82) is 0 Å².